The van der Waals surface area contributed by atoms with Crippen LogP contribution in [-0.4, -0.2) is 44.2 Å². The van der Waals surface area contributed by atoms with Crippen molar-refractivity contribution >= 4 is 11.7 Å². The lowest BCUT2D eigenvalue weighted by atomic mass is 10.2. The van der Waals surface area contributed by atoms with Crippen LogP contribution in [0.25, 0.3) is 0 Å². The van der Waals surface area contributed by atoms with Crippen LogP contribution in [0.5, 0.6) is 5.75 Å². The van der Waals surface area contributed by atoms with Crippen molar-refractivity contribution in [3.05, 3.63) is 23.8 Å². The van der Waals surface area contributed by atoms with Crippen LogP contribution in [-0.2, 0) is 4.74 Å². The average molecular weight is 266 g/mol. The third-order valence-corrected chi connectivity index (χ3v) is 2.48. The average Bonchev–Trinajstić information content (AvgIpc) is 2.31. The minimum Gasteiger partial charge on any atom is -0.487 e. The van der Waals surface area contributed by atoms with Crippen LogP contribution in [0, 0.1) is 0 Å². The number of benzene rings is 1. The van der Waals surface area contributed by atoms with Crippen molar-refractivity contribution in [1.29, 1.82) is 0 Å². The molecule has 5 heteroatoms. The molecule has 0 saturated heterocycles. The highest BCUT2D eigenvalue weighted by Crippen LogP contribution is 2.24. The van der Waals surface area contributed by atoms with E-state index in [9.17, 15) is 4.79 Å². The summed E-state index contributed by atoms with van der Waals surface area (Å²) in [5.74, 6) is 0.146. The predicted molar refractivity (Wildman–Crippen MR) is 75.5 cm³/mol. The quantitative estimate of drug-likeness (QED) is 0.628. The van der Waals surface area contributed by atoms with Crippen molar-refractivity contribution in [1.82, 2.24) is 4.90 Å². The van der Waals surface area contributed by atoms with Crippen LogP contribution in [0.2, 0.25) is 0 Å². The number of nitrogens with two attached hydrogens (primary N) is 1. The van der Waals surface area contributed by atoms with Gasteiger partial charge in [0.05, 0.1) is 17.9 Å². The summed E-state index contributed by atoms with van der Waals surface area (Å²) in [6, 6.07) is 4.92. The van der Waals surface area contributed by atoms with Crippen LogP contribution in [0.4, 0.5) is 5.69 Å². The molecule has 0 aliphatic rings. The second-order valence-electron chi connectivity index (χ2n) is 4.66. The predicted octanol–water partition coefficient (Wildman–Crippen LogP) is 1.77. The fraction of sp³-hybridized carbons (Fsp3) is 0.500. The van der Waals surface area contributed by atoms with Gasteiger partial charge in [-0.3, -0.25) is 0 Å². The summed E-state index contributed by atoms with van der Waals surface area (Å²) < 4.78 is 10.7. The van der Waals surface area contributed by atoms with Crippen LogP contribution in [0.1, 0.15) is 24.2 Å². The van der Waals surface area contributed by atoms with E-state index in [2.05, 4.69) is 0 Å². The molecule has 106 valence electrons. The summed E-state index contributed by atoms with van der Waals surface area (Å²) in [6.07, 6.45) is -0.0188. The maximum Gasteiger partial charge on any atom is 0.338 e. The van der Waals surface area contributed by atoms with Crippen molar-refractivity contribution < 1.29 is 14.3 Å². The van der Waals surface area contributed by atoms with Gasteiger partial charge in [0.25, 0.3) is 0 Å². The van der Waals surface area contributed by atoms with E-state index in [0.29, 0.717) is 23.6 Å². The summed E-state index contributed by atoms with van der Waals surface area (Å²) in [5.41, 5.74) is 6.81. The van der Waals surface area contributed by atoms with Gasteiger partial charge in [-0.2, -0.15) is 0 Å². The molecular formula is C14H22N2O3. The molecule has 0 fully saturated rings. The molecule has 0 spiro atoms. The Kier molecular flexibility index (Phi) is 5.63. The monoisotopic (exact) mass is 266 g/mol. The Labute approximate surface area is 114 Å². The van der Waals surface area contributed by atoms with E-state index in [4.69, 9.17) is 15.2 Å². The molecule has 0 aliphatic heterocycles. The van der Waals surface area contributed by atoms with Gasteiger partial charge in [-0.25, -0.2) is 4.79 Å². The Morgan fingerprint density at radius 3 is 2.68 bits per heavy atom. The number of likely N-dealkylation sites (N-methyl/N-ethyl adjacent to an activating group) is 1. The van der Waals surface area contributed by atoms with Gasteiger partial charge in [0.15, 0.2) is 0 Å². The zero-order valence-corrected chi connectivity index (χ0v) is 12.0. The first-order valence-electron chi connectivity index (χ1n) is 6.32. The molecule has 0 amide bonds. The first-order chi connectivity index (χ1) is 8.93. The van der Waals surface area contributed by atoms with Gasteiger partial charge in [0, 0.05) is 6.54 Å². The highest BCUT2D eigenvalue weighted by Gasteiger charge is 2.12. The Hall–Kier alpha value is -1.75. The van der Waals surface area contributed by atoms with E-state index in [1.807, 2.05) is 25.9 Å². The smallest absolute Gasteiger partial charge is 0.338 e. The number of ether oxygens (including phenoxy) is 2. The largest absolute Gasteiger partial charge is 0.487 e. The molecule has 1 aromatic carbocycles. The molecule has 0 radical (unpaired) electrons. The molecule has 1 unspecified atom stereocenters. The Bertz CT molecular complexity index is 433. The number of hydrogen-bond donors (Lipinski definition) is 1. The van der Waals surface area contributed by atoms with E-state index in [-0.39, 0.29) is 12.1 Å². The van der Waals surface area contributed by atoms with Gasteiger partial charge >= 0.3 is 5.97 Å². The van der Waals surface area contributed by atoms with E-state index < -0.39 is 0 Å². The second-order valence-corrected chi connectivity index (χ2v) is 4.66. The molecular weight excluding hydrogens is 244 g/mol. The lowest BCUT2D eigenvalue weighted by Gasteiger charge is -2.20. The fourth-order valence-corrected chi connectivity index (χ4v) is 1.75. The summed E-state index contributed by atoms with van der Waals surface area (Å²) >= 11 is 0. The Morgan fingerprint density at radius 1 is 1.42 bits per heavy atom. The Morgan fingerprint density at radius 2 is 2.11 bits per heavy atom. The van der Waals surface area contributed by atoms with Crippen LogP contribution >= 0.6 is 0 Å². The van der Waals surface area contributed by atoms with E-state index in [1.165, 1.54) is 0 Å². The van der Waals surface area contributed by atoms with Gasteiger partial charge in [0.2, 0.25) is 0 Å². The van der Waals surface area contributed by atoms with Gasteiger partial charge in [-0.1, -0.05) is 0 Å². The third-order valence-electron chi connectivity index (χ3n) is 2.48. The number of nitrogen functional groups attached to an aromatic ring is 1. The highest BCUT2D eigenvalue weighted by molar-refractivity contribution is 5.90. The summed E-state index contributed by atoms with van der Waals surface area (Å²) in [5, 5.41) is 0. The lowest BCUT2D eigenvalue weighted by molar-refractivity contribution is 0.0525. The molecule has 1 aromatic rings. The normalized spacial score (nSPS) is 12.3. The number of nitrogens with zero attached hydrogens (tertiary/aromatic N) is 1. The Balaban J connectivity index is 2.82. The van der Waals surface area contributed by atoms with Crippen LogP contribution in [0.3, 0.4) is 0 Å². The molecule has 0 aliphatic carbocycles. The highest BCUT2D eigenvalue weighted by atomic mass is 16.5. The van der Waals surface area contributed by atoms with Crippen LogP contribution in [0.15, 0.2) is 18.2 Å². The van der Waals surface area contributed by atoms with E-state index in [0.717, 1.165) is 6.54 Å². The molecule has 0 saturated carbocycles. The molecule has 1 atom stereocenters. The standard InChI is InChI=1S/C14H22N2O3/c1-5-18-14(17)11-6-7-12(15)13(8-11)19-10(2)9-16(3)4/h6-8,10H,5,9,15H2,1-4H3. The first kappa shape index (κ1) is 15.3. The van der Waals surface area contributed by atoms with Crippen molar-refractivity contribution in [3.8, 4) is 5.75 Å². The molecule has 19 heavy (non-hydrogen) atoms. The van der Waals surface area contributed by atoms with Gasteiger partial charge in [0.1, 0.15) is 11.9 Å². The lowest BCUT2D eigenvalue weighted by Crippen LogP contribution is -2.28. The minimum absolute atomic E-state index is 0.0188. The van der Waals surface area contributed by atoms with Gasteiger partial charge in [-0.05, 0) is 46.1 Å². The van der Waals surface area contributed by atoms with Gasteiger partial charge in [-0.15, -0.1) is 0 Å². The van der Waals surface area contributed by atoms with Crippen molar-refractivity contribution in [3.63, 3.8) is 0 Å². The summed E-state index contributed by atoms with van der Waals surface area (Å²) in [7, 11) is 3.94. The maximum absolute atomic E-state index is 11.6. The third kappa shape index (κ3) is 4.79. The topological polar surface area (TPSA) is 64.8 Å². The summed E-state index contributed by atoms with van der Waals surface area (Å²) in [4.78, 5) is 13.7. The van der Waals surface area contributed by atoms with Gasteiger partial charge < -0.3 is 20.1 Å². The zero-order chi connectivity index (χ0) is 14.4. The fourth-order valence-electron chi connectivity index (χ4n) is 1.75. The van der Waals surface area contributed by atoms with E-state index >= 15 is 0 Å². The maximum atomic E-state index is 11.6. The molecule has 5 nitrogen and oxygen atoms in total. The molecule has 0 aromatic heterocycles. The molecule has 0 bridgehead atoms. The molecule has 1 rings (SSSR count). The number of carbonyl (C=O) groups excluding carboxylic acids is 1. The first-order valence-corrected chi connectivity index (χ1v) is 6.32. The van der Waals surface area contributed by atoms with Crippen molar-refractivity contribution in [2.75, 3.05) is 33.0 Å². The van der Waals surface area contributed by atoms with E-state index in [1.54, 1.807) is 25.1 Å². The number of hydrogen-bond acceptors (Lipinski definition) is 5. The second kappa shape index (κ2) is 6.99. The molecule has 0 heterocycles. The number of esters is 1. The molecule has 2 N–H and O–H groups in total. The van der Waals surface area contributed by atoms with Crippen molar-refractivity contribution in [2.24, 2.45) is 0 Å². The van der Waals surface area contributed by atoms with Crippen LogP contribution < -0.4 is 10.5 Å². The zero-order valence-electron chi connectivity index (χ0n) is 12.0. The SMILES string of the molecule is CCOC(=O)c1ccc(N)c(OC(C)CN(C)C)c1. The van der Waals surface area contributed by atoms with Crippen molar-refractivity contribution in [2.45, 2.75) is 20.0 Å². The summed E-state index contributed by atoms with van der Waals surface area (Å²) in [6.45, 7) is 4.84. The number of anilines is 1. The number of rotatable bonds is 6. The minimum atomic E-state index is -0.368. The number of carbonyl (C=O) groups is 1.